The number of carbonyl (C=O) groups excluding carboxylic acids is 1. The number of ether oxygens (including phenoxy) is 1. The maximum Gasteiger partial charge on any atom is 0.338 e. The molecule has 4 nitrogen and oxygen atoms in total. The van der Waals surface area contributed by atoms with E-state index in [1.165, 1.54) is 0 Å². The van der Waals surface area contributed by atoms with Crippen molar-refractivity contribution < 1.29 is 19.4 Å². The third-order valence-electron chi connectivity index (χ3n) is 4.16. The standard InChI is InChI=1S/2C13H16O2/c1-2-3-4-8-11-15-13(14)12-9-6-5-7-10-12;1-2-3-4-5-8-11-9-6-7-10-12(11)13(14)15/h3-7,9-10H,2,8,11H2,1H3;3-4,6-7,9-10H,2,5,8H2,1H3,(H,14,15)/b2*4-3-. The van der Waals surface area contributed by atoms with E-state index in [2.05, 4.69) is 32.1 Å². The largest absolute Gasteiger partial charge is 0.478 e. The lowest BCUT2D eigenvalue weighted by Gasteiger charge is -2.03. The summed E-state index contributed by atoms with van der Waals surface area (Å²) in [7, 11) is 0. The number of hydrogen-bond acceptors (Lipinski definition) is 3. The summed E-state index contributed by atoms with van der Waals surface area (Å²) in [5, 5.41) is 8.95. The number of rotatable bonds is 10. The number of esters is 1. The first kappa shape index (κ1) is 24.9. The number of carbonyl (C=O) groups is 2. The molecule has 0 saturated heterocycles. The molecular weight excluding hydrogens is 376 g/mol. The molecule has 4 heteroatoms. The van der Waals surface area contributed by atoms with Gasteiger partial charge in [-0.15, -0.1) is 0 Å². The Morgan fingerprint density at radius 2 is 1.43 bits per heavy atom. The summed E-state index contributed by atoms with van der Waals surface area (Å²) >= 11 is 0. The van der Waals surface area contributed by atoms with Crippen molar-refractivity contribution in [3.63, 3.8) is 0 Å². The molecule has 0 radical (unpaired) electrons. The van der Waals surface area contributed by atoms with Crippen molar-refractivity contribution in [1.82, 2.24) is 0 Å². The molecular formula is C26H32O4. The van der Waals surface area contributed by atoms with Crippen LogP contribution in [0.2, 0.25) is 0 Å². The van der Waals surface area contributed by atoms with Crippen LogP contribution >= 0.6 is 0 Å². The predicted molar refractivity (Wildman–Crippen MR) is 122 cm³/mol. The Labute approximate surface area is 179 Å². The van der Waals surface area contributed by atoms with E-state index in [4.69, 9.17) is 9.84 Å². The van der Waals surface area contributed by atoms with E-state index in [1.54, 1.807) is 24.3 Å². The SMILES string of the molecule is CC/C=C\CCOC(=O)c1ccccc1.CC/C=C\CCc1ccccc1C(=O)O. The van der Waals surface area contributed by atoms with Gasteiger partial charge in [-0.2, -0.15) is 0 Å². The summed E-state index contributed by atoms with van der Waals surface area (Å²) in [5.74, 6) is -1.09. The molecule has 160 valence electrons. The van der Waals surface area contributed by atoms with Crippen LogP contribution in [0.15, 0.2) is 78.9 Å². The molecule has 0 aromatic heterocycles. The van der Waals surface area contributed by atoms with Crippen molar-refractivity contribution in [1.29, 1.82) is 0 Å². The molecule has 0 aliphatic carbocycles. The van der Waals surface area contributed by atoms with Gasteiger partial charge in [0, 0.05) is 0 Å². The second kappa shape index (κ2) is 15.7. The molecule has 0 amide bonds. The molecule has 1 N–H and O–H groups in total. The van der Waals surface area contributed by atoms with Crippen molar-refractivity contribution in [2.75, 3.05) is 6.61 Å². The van der Waals surface area contributed by atoms with E-state index in [0.717, 1.165) is 37.7 Å². The molecule has 2 aromatic carbocycles. The molecule has 2 rings (SSSR count). The Morgan fingerprint density at radius 1 is 0.833 bits per heavy atom. The normalized spacial score (nSPS) is 10.6. The van der Waals surface area contributed by atoms with Gasteiger partial charge in [-0.25, -0.2) is 9.59 Å². The summed E-state index contributed by atoms with van der Waals surface area (Å²) in [4.78, 5) is 22.3. The molecule has 30 heavy (non-hydrogen) atoms. The fourth-order valence-electron chi connectivity index (χ4n) is 2.63. The molecule has 0 heterocycles. The van der Waals surface area contributed by atoms with Crippen LogP contribution in [0.1, 0.15) is 65.8 Å². The number of benzene rings is 2. The van der Waals surface area contributed by atoms with Crippen molar-refractivity contribution in [3.05, 3.63) is 95.6 Å². The third-order valence-corrected chi connectivity index (χ3v) is 4.16. The summed E-state index contributed by atoms with van der Waals surface area (Å²) in [6.07, 6.45) is 12.8. The number of hydrogen-bond donors (Lipinski definition) is 1. The highest BCUT2D eigenvalue weighted by Gasteiger charge is 2.07. The highest BCUT2D eigenvalue weighted by Crippen LogP contribution is 2.11. The quantitative estimate of drug-likeness (QED) is 0.277. The van der Waals surface area contributed by atoms with Gasteiger partial charge < -0.3 is 9.84 Å². The van der Waals surface area contributed by atoms with Crippen molar-refractivity contribution >= 4 is 11.9 Å². The van der Waals surface area contributed by atoms with Crippen molar-refractivity contribution in [2.45, 2.75) is 46.0 Å². The fourth-order valence-corrected chi connectivity index (χ4v) is 2.63. The van der Waals surface area contributed by atoms with Gasteiger partial charge in [-0.05, 0) is 55.9 Å². The number of aromatic carboxylic acids is 1. The topological polar surface area (TPSA) is 63.6 Å². The average molecular weight is 409 g/mol. The molecule has 0 fully saturated rings. The minimum atomic E-state index is -0.843. The monoisotopic (exact) mass is 408 g/mol. The van der Waals surface area contributed by atoms with Crippen LogP contribution in [0.5, 0.6) is 0 Å². The van der Waals surface area contributed by atoms with Gasteiger partial charge in [0.1, 0.15) is 0 Å². The maximum atomic E-state index is 11.4. The van der Waals surface area contributed by atoms with Crippen LogP contribution in [-0.4, -0.2) is 23.7 Å². The van der Waals surface area contributed by atoms with Gasteiger partial charge in [-0.3, -0.25) is 0 Å². The molecule has 0 atom stereocenters. The van der Waals surface area contributed by atoms with Crippen LogP contribution in [-0.2, 0) is 11.2 Å². The highest BCUT2D eigenvalue weighted by molar-refractivity contribution is 5.89. The zero-order valence-electron chi connectivity index (χ0n) is 17.9. The van der Waals surface area contributed by atoms with E-state index in [-0.39, 0.29) is 5.97 Å². The summed E-state index contributed by atoms with van der Waals surface area (Å²) in [6.45, 7) is 4.61. The lowest BCUT2D eigenvalue weighted by molar-refractivity contribution is 0.0511. The van der Waals surface area contributed by atoms with Crippen LogP contribution in [0.4, 0.5) is 0 Å². The molecule has 0 aliphatic rings. The van der Waals surface area contributed by atoms with Gasteiger partial charge in [0.15, 0.2) is 0 Å². The van der Waals surface area contributed by atoms with Crippen LogP contribution in [0.3, 0.4) is 0 Å². The molecule has 2 aromatic rings. The first-order chi connectivity index (χ1) is 14.6. The van der Waals surface area contributed by atoms with E-state index in [9.17, 15) is 9.59 Å². The van der Waals surface area contributed by atoms with E-state index < -0.39 is 5.97 Å². The van der Waals surface area contributed by atoms with Gasteiger partial charge in [0.05, 0.1) is 17.7 Å². The lowest BCUT2D eigenvalue weighted by atomic mass is 10.0. The number of carboxylic acids is 1. The van der Waals surface area contributed by atoms with Gasteiger partial charge >= 0.3 is 11.9 Å². The fraction of sp³-hybridized carbons (Fsp3) is 0.308. The third kappa shape index (κ3) is 10.4. The first-order valence-electron chi connectivity index (χ1n) is 10.4. The van der Waals surface area contributed by atoms with E-state index >= 15 is 0 Å². The Balaban J connectivity index is 0.000000300. The number of aryl methyl sites for hydroxylation is 1. The Hall–Kier alpha value is -3.14. The minimum Gasteiger partial charge on any atom is -0.478 e. The summed E-state index contributed by atoms with van der Waals surface area (Å²) < 4.78 is 5.08. The van der Waals surface area contributed by atoms with Gasteiger partial charge in [-0.1, -0.05) is 74.5 Å². The second-order valence-corrected chi connectivity index (χ2v) is 6.55. The molecule has 0 bridgehead atoms. The maximum absolute atomic E-state index is 11.4. The van der Waals surface area contributed by atoms with Crippen LogP contribution < -0.4 is 0 Å². The Morgan fingerprint density at radius 3 is 2.07 bits per heavy atom. The first-order valence-corrected chi connectivity index (χ1v) is 10.4. The highest BCUT2D eigenvalue weighted by atomic mass is 16.5. The number of allylic oxidation sites excluding steroid dienone is 3. The molecule has 0 spiro atoms. The van der Waals surface area contributed by atoms with Gasteiger partial charge in [0.2, 0.25) is 0 Å². The molecule has 0 aliphatic heterocycles. The zero-order chi connectivity index (χ0) is 22.0. The predicted octanol–water partition coefficient (Wildman–Crippen LogP) is 6.48. The summed E-state index contributed by atoms with van der Waals surface area (Å²) in [6, 6.07) is 16.2. The van der Waals surface area contributed by atoms with Crippen molar-refractivity contribution in [3.8, 4) is 0 Å². The lowest BCUT2D eigenvalue weighted by Crippen LogP contribution is -2.05. The van der Waals surface area contributed by atoms with E-state index in [1.807, 2.05) is 36.4 Å². The second-order valence-electron chi connectivity index (χ2n) is 6.55. The zero-order valence-corrected chi connectivity index (χ0v) is 17.9. The van der Waals surface area contributed by atoms with Gasteiger partial charge in [0.25, 0.3) is 0 Å². The van der Waals surface area contributed by atoms with E-state index in [0.29, 0.717) is 17.7 Å². The Kier molecular flexibility index (Phi) is 13.1. The molecule has 0 saturated carbocycles. The summed E-state index contributed by atoms with van der Waals surface area (Å²) in [5.41, 5.74) is 1.94. The smallest absolute Gasteiger partial charge is 0.338 e. The number of carboxylic acid groups (broad SMARTS) is 1. The average Bonchev–Trinajstić information content (AvgIpc) is 2.77. The Bertz CT molecular complexity index is 807. The van der Waals surface area contributed by atoms with Crippen molar-refractivity contribution in [2.24, 2.45) is 0 Å². The molecule has 0 unspecified atom stereocenters. The minimum absolute atomic E-state index is 0.250. The van der Waals surface area contributed by atoms with Crippen LogP contribution in [0, 0.1) is 0 Å². The van der Waals surface area contributed by atoms with Crippen LogP contribution in [0.25, 0.3) is 0 Å².